The molecule has 2 atom stereocenters. The molecule has 0 N–H and O–H groups in total. The van der Waals surface area contributed by atoms with Crippen LogP contribution in [0, 0.1) is 5.41 Å². The Hall–Kier alpha value is -5.77. The van der Waals surface area contributed by atoms with Crippen LogP contribution < -0.4 is 4.90 Å². The zero-order valence-electron chi connectivity index (χ0n) is 29.5. The van der Waals surface area contributed by atoms with Gasteiger partial charge in [0, 0.05) is 37.9 Å². The van der Waals surface area contributed by atoms with E-state index in [1.807, 2.05) is 17.8 Å². The number of thioether (sulfide) groups is 1. The Morgan fingerprint density at radius 2 is 1.42 bits per heavy atom. The van der Waals surface area contributed by atoms with Crippen LogP contribution in [0.1, 0.15) is 42.4 Å². The SMILES string of the molecule is CC1(C2(C3=C4Sc5ccc(N(c6ccccc6)c6cccc7oc8ccccc8c67)cc5C4CC=C3)c3ccccc3-c3ccccc32)C=CC=CC1. The van der Waals surface area contributed by atoms with Crippen molar-refractivity contribution in [3.63, 3.8) is 0 Å². The summed E-state index contributed by atoms with van der Waals surface area (Å²) in [5, 5.41) is 2.26. The fourth-order valence-electron chi connectivity index (χ4n) is 9.96. The van der Waals surface area contributed by atoms with Gasteiger partial charge >= 0.3 is 0 Å². The summed E-state index contributed by atoms with van der Waals surface area (Å²) in [6.45, 7) is 2.49. The second-order valence-electron chi connectivity index (χ2n) is 15.0. The van der Waals surface area contributed by atoms with Gasteiger partial charge in [-0.1, -0.05) is 146 Å². The van der Waals surface area contributed by atoms with E-state index in [0.717, 1.165) is 51.8 Å². The number of anilines is 3. The molecular weight excluding hydrogens is 663 g/mol. The first-order valence-electron chi connectivity index (χ1n) is 18.7. The Balaban J connectivity index is 1.12. The number of furan rings is 1. The number of hydrogen-bond donors (Lipinski definition) is 0. The van der Waals surface area contributed by atoms with E-state index in [4.69, 9.17) is 4.42 Å². The van der Waals surface area contributed by atoms with Crippen molar-refractivity contribution in [3.8, 4) is 11.1 Å². The van der Waals surface area contributed by atoms with E-state index in [0.29, 0.717) is 0 Å². The molecule has 3 aliphatic carbocycles. The van der Waals surface area contributed by atoms with Gasteiger partial charge in [0.2, 0.25) is 0 Å². The lowest BCUT2D eigenvalue weighted by Gasteiger charge is -2.49. The molecule has 7 aromatic rings. The molecule has 0 fully saturated rings. The second kappa shape index (κ2) is 11.6. The van der Waals surface area contributed by atoms with Gasteiger partial charge in [0.25, 0.3) is 0 Å². The molecule has 2 nitrogen and oxygen atoms in total. The Bertz CT molecular complexity index is 2700. The van der Waals surface area contributed by atoms with E-state index in [-0.39, 0.29) is 16.7 Å². The summed E-state index contributed by atoms with van der Waals surface area (Å²) in [6.07, 6.45) is 16.2. The topological polar surface area (TPSA) is 16.4 Å². The zero-order chi connectivity index (χ0) is 35.1. The van der Waals surface area contributed by atoms with Gasteiger partial charge in [-0.25, -0.2) is 0 Å². The van der Waals surface area contributed by atoms with Crippen LogP contribution in [0.15, 0.2) is 196 Å². The van der Waals surface area contributed by atoms with E-state index >= 15 is 0 Å². The van der Waals surface area contributed by atoms with Crippen molar-refractivity contribution in [1.29, 1.82) is 0 Å². The van der Waals surface area contributed by atoms with Crippen molar-refractivity contribution < 1.29 is 4.42 Å². The molecular formula is C50H37NOS. The van der Waals surface area contributed by atoms with Gasteiger partial charge in [-0.05, 0) is 94.8 Å². The van der Waals surface area contributed by atoms with Gasteiger partial charge in [-0.2, -0.15) is 0 Å². The fourth-order valence-corrected chi connectivity index (χ4v) is 11.4. The first kappa shape index (κ1) is 30.8. The average Bonchev–Trinajstić information content (AvgIpc) is 3.88. The van der Waals surface area contributed by atoms with E-state index < -0.39 is 0 Å². The van der Waals surface area contributed by atoms with Crippen molar-refractivity contribution in [1.82, 2.24) is 0 Å². The van der Waals surface area contributed by atoms with Crippen molar-refractivity contribution in [3.05, 3.63) is 203 Å². The number of hydrogen-bond acceptors (Lipinski definition) is 3. The van der Waals surface area contributed by atoms with Crippen LogP contribution >= 0.6 is 11.8 Å². The van der Waals surface area contributed by atoms with Gasteiger partial charge in [0.1, 0.15) is 11.2 Å². The molecule has 1 aromatic heterocycles. The lowest BCUT2D eigenvalue weighted by molar-refractivity contribution is 0.290. The van der Waals surface area contributed by atoms with Gasteiger partial charge < -0.3 is 9.32 Å². The molecule has 254 valence electrons. The zero-order valence-corrected chi connectivity index (χ0v) is 30.3. The normalized spacial score (nSPS) is 20.4. The maximum Gasteiger partial charge on any atom is 0.137 e. The first-order chi connectivity index (χ1) is 26.2. The third-order valence-corrected chi connectivity index (χ3v) is 13.5. The van der Waals surface area contributed by atoms with Crippen LogP contribution in [-0.4, -0.2) is 0 Å². The molecule has 0 radical (unpaired) electrons. The summed E-state index contributed by atoms with van der Waals surface area (Å²) in [7, 11) is 0. The summed E-state index contributed by atoms with van der Waals surface area (Å²) in [5.74, 6) is 0.279. The number of allylic oxidation sites excluding steroid dienone is 8. The van der Waals surface area contributed by atoms with Crippen molar-refractivity contribution in [2.45, 2.75) is 36.0 Å². The van der Waals surface area contributed by atoms with Crippen LogP contribution in [0.2, 0.25) is 0 Å². The van der Waals surface area contributed by atoms with Crippen LogP contribution in [0.5, 0.6) is 0 Å². The largest absolute Gasteiger partial charge is 0.456 e. The monoisotopic (exact) mass is 699 g/mol. The second-order valence-corrected chi connectivity index (χ2v) is 16.0. The van der Waals surface area contributed by atoms with Crippen molar-refractivity contribution in [2.75, 3.05) is 4.90 Å². The van der Waals surface area contributed by atoms with Crippen LogP contribution in [-0.2, 0) is 5.41 Å². The van der Waals surface area contributed by atoms with E-state index in [1.54, 1.807) is 0 Å². The van der Waals surface area contributed by atoms with Gasteiger partial charge in [0.05, 0.1) is 16.5 Å². The van der Waals surface area contributed by atoms with Crippen LogP contribution in [0.25, 0.3) is 33.1 Å². The molecule has 2 heterocycles. The number of nitrogens with zero attached hydrogens (tertiary/aromatic N) is 1. The molecule has 1 aliphatic heterocycles. The molecule has 53 heavy (non-hydrogen) atoms. The number of rotatable bonds is 5. The smallest absolute Gasteiger partial charge is 0.137 e. The maximum atomic E-state index is 6.39. The predicted octanol–water partition coefficient (Wildman–Crippen LogP) is 13.9. The Labute approximate surface area is 314 Å². The lowest BCUT2D eigenvalue weighted by atomic mass is 9.53. The maximum absolute atomic E-state index is 6.39. The number of benzene rings is 6. The quantitative estimate of drug-likeness (QED) is 0.178. The molecule has 2 unspecified atom stereocenters. The number of para-hydroxylation sites is 2. The highest BCUT2D eigenvalue weighted by Crippen LogP contribution is 2.67. The summed E-state index contributed by atoms with van der Waals surface area (Å²) in [5.41, 5.74) is 13.1. The van der Waals surface area contributed by atoms with Crippen LogP contribution in [0.4, 0.5) is 17.1 Å². The molecule has 11 rings (SSSR count). The summed E-state index contributed by atoms with van der Waals surface area (Å²) < 4.78 is 6.39. The fraction of sp³-hybridized carbons (Fsp3) is 0.120. The lowest BCUT2D eigenvalue weighted by Crippen LogP contribution is -2.45. The molecule has 0 bridgehead atoms. The van der Waals surface area contributed by atoms with Crippen molar-refractivity contribution >= 4 is 50.8 Å². The summed E-state index contributed by atoms with van der Waals surface area (Å²) in [4.78, 5) is 5.26. The Morgan fingerprint density at radius 1 is 0.679 bits per heavy atom. The third-order valence-electron chi connectivity index (χ3n) is 12.2. The van der Waals surface area contributed by atoms with E-state index in [9.17, 15) is 0 Å². The molecule has 6 aromatic carbocycles. The van der Waals surface area contributed by atoms with E-state index in [1.165, 1.54) is 43.2 Å². The van der Waals surface area contributed by atoms with Crippen molar-refractivity contribution in [2.24, 2.45) is 5.41 Å². The molecule has 0 spiro atoms. The molecule has 4 aliphatic rings. The van der Waals surface area contributed by atoms with Crippen LogP contribution in [0.3, 0.4) is 0 Å². The standard InChI is InChI=1S/C50H37NOS/c1-49(30-12-3-13-31-49)50(40-22-9-6-18-35(40)36-19-7-10-23-41(36)50)42-24-14-21-37-39-32-34(28-29-46(39)53-48(37)42)51(33-16-4-2-5-17-33)43-25-15-27-45-47(43)38-20-8-11-26-44(38)52-45/h2-20,22-30,32,37H,21,31H2,1H3. The van der Waals surface area contributed by atoms with Gasteiger partial charge in [-0.3, -0.25) is 0 Å². The minimum absolute atomic E-state index is 0.157. The molecule has 0 saturated heterocycles. The van der Waals surface area contributed by atoms with E-state index in [2.05, 4.69) is 182 Å². The minimum Gasteiger partial charge on any atom is -0.456 e. The Kier molecular flexibility index (Phi) is 6.75. The molecule has 0 saturated carbocycles. The van der Waals surface area contributed by atoms with Gasteiger partial charge in [-0.15, -0.1) is 0 Å². The predicted molar refractivity (Wildman–Crippen MR) is 221 cm³/mol. The first-order valence-corrected chi connectivity index (χ1v) is 19.5. The van der Waals surface area contributed by atoms with Gasteiger partial charge in [0.15, 0.2) is 0 Å². The molecule has 0 amide bonds. The Morgan fingerprint density at radius 3 is 2.21 bits per heavy atom. The molecule has 3 heteroatoms. The average molecular weight is 700 g/mol. The highest BCUT2D eigenvalue weighted by Gasteiger charge is 2.57. The highest BCUT2D eigenvalue weighted by molar-refractivity contribution is 8.03. The number of fused-ring (bicyclic) bond motifs is 9. The third kappa shape index (κ3) is 4.29. The highest BCUT2D eigenvalue weighted by atomic mass is 32.2. The summed E-state index contributed by atoms with van der Waals surface area (Å²) >= 11 is 2.00. The summed E-state index contributed by atoms with van der Waals surface area (Å²) in [6, 6.07) is 51.1. The minimum atomic E-state index is -0.335.